The van der Waals surface area contributed by atoms with Crippen LogP contribution in [0.3, 0.4) is 0 Å². The lowest BCUT2D eigenvalue weighted by Gasteiger charge is -2.08. The third-order valence-corrected chi connectivity index (χ3v) is 1.89. The summed E-state index contributed by atoms with van der Waals surface area (Å²) in [5, 5.41) is 24.7. The number of hydrogen-bond donors (Lipinski definition) is 3. The van der Waals surface area contributed by atoms with Gasteiger partial charge in [0.15, 0.2) is 0 Å². The fourth-order valence-corrected chi connectivity index (χ4v) is 1.13. The van der Waals surface area contributed by atoms with Crippen LogP contribution in [0.4, 0.5) is 0 Å². The van der Waals surface area contributed by atoms with Crippen molar-refractivity contribution < 1.29 is 10.2 Å². The first kappa shape index (κ1) is 11.2. The molecule has 0 radical (unpaired) electrons. The minimum Gasteiger partial charge on any atom is -0.394 e. The largest absolute Gasteiger partial charge is 0.394 e. The highest BCUT2D eigenvalue weighted by molar-refractivity contribution is 4.77. The number of rotatable bonds is 7. The van der Waals surface area contributed by atoms with Crippen LogP contribution in [-0.2, 0) is 6.54 Å². The number of aliphatic hydroxyl groups is 2. The molecule has 0 saturated carbocycles. The van der Waals surface area contributed by atoms with Gasteiger partial charge in [0.1, 0.15) is 0 Å². The van der Waals surface area contributed by atoms with E-state index in [1.54, 1.807) is 6.20 Å². The van der Waals surface area contributed by atoms with E-state index in [9.17, 15) is 0 Å². The van der Waals surface area contributed by atoms with Gasteiger partial charge in [-0.15, -0.1) is 0 Å². The molecular weight excluding hydrogens is 182 g/mol. The standard InChI is InChI=1S/C9H17N3O2/c13-8-9(14)7-10-3-1-5-12-6-2-4-11-12/h2,4,6,9-10,13-14H,1,3,5,7-8H2/t9-/m0/s1. The van der Waals surface area contributed by atoms with E-state index >= 15 is 0 Å². The van der Waals surface area contributed by atoms with Gasteiger partial charge in [-0.05, 0) is 19.0 Å². The number of aliphatic hydroxyl groups excluding tert-OH is 2. The lowest BCUT2D eigenvalue weighted by molar-refractivity contribution is 0.0945. The van der Waals surface area contributed by atoms with Gasteiger partial charge in [0.25, 0.3) is 0 Å². The maximum atomic E-state index is 9.01. The lowest BCUT2D eigenvalue weighted by Crippen LogP contribution is -2.30. The summed E-state index contributed by atoms with van der Waals surface area (Å²) in [7, 11) is 0. The minimum atomic E-state index is -0.653. The molecule has 0 bridgehead atoms. The Balaban J connectivity index is 1.95. The van der Waals surface area contributed by atoms with Gasteiger partial charge in [-0.1, -0.05) is 0 Å². The van der Waals surface area contributed by atoms with Crippen LogP contribution in [0.15, 0.2) is 18.5 Å². The first-order valence-electron chi connectivity index (χ1n) is 4.80. The number of nitrogens with zero attached hydrogens (tertiary/aromatic N) is 2. The summed E-state index contributed by atoms with van der Waals surface area (Å²) in [6, 6.07) is 1.89. The van der Waals surface area contributed by atoms with E-state index in [4.69, 9.17) is 10.2 Å². The predicted molar refractivity (Wildman–Crippen MR) is 52.8 cm³/mol. The van der Waals surface area contributed by atoms with E-state index in [0.717, 1.165) is 19.5 Å². The zero-order valence-corrected chi connectivity index (χ0v) is 8.13. The zero-order valence-electron chi connectivity index (χ0n) is 8.13. The molecule has 0 fully saturated rings. The van der Waals surface area contributed by atoms with Gasteiger partial charge in [0.05, 0.1) is 12.7 Å². The second-order valence-electron chi connectivity index (χ2n) is 3.16. The van der Waals surface area contributed by atoms with Gasteiger partial charge in [0.2, 0.25) is 0 Å². The van der Waals surface area contributed by atoms with Crippen molar-refractivity contribution in [2.45, 2.75) is 19.1 Å². The van der Waals surface area contributed by atoms with Crippen LogP contribution in [0.25, 0.3) is 0 Å². The Kier molecular flexibility index (Phi) is 5.21. The number of hydrogen-bond acceptors (Lipinski definition) is 4. The Labute approximate surface area is 83.4 Å². The predicted octanol–water partition coefficient (Wildman–Crippen LogP) is -0.784. The van der Waals surface area contributed by atoms with Crippen molar-refractivity contribution in [3.05, 3.63) is 18.5 Å². The van der Waals surface area contributed by atoms with Crippen LogP contribution in [0.2, 0.25) is 0 Å². The maximum absolute atomic E-state index is 9.01. The molecule has 1 rings (SSSR count). The molecule has 0 aromatic carbocycles. The van der Waals surface area contributed by atoms with Gasteiger partial charge in [0, 0.05) is 25.5 Å². The van der Waals surface area contributed by atoms with Gasteiger partial charge >= 0.3 is 0 Å². The Hall–Kier alpha value is -0.910. The van der Waals surface area contributed by atoms with E-state index in [0.29, 0.717) is 6.54 Å². The van der Waals surface area contributed by atoms with E-state index in [2.05, 4.69) is 10.4 Å². The molecule has 5 nitrogen and oxygen atoms in total. The van der Waals surface area contributed by atoms with Crippen molar-refractivity contribution in [1.29, 1.82) is 0 Å². The van der Waals surface area contributed by atoms with Crippen molar-refractivity contribution in [2.24, 2.45) is 0 Å². The molecule has 0 unspecified atom stereocenters. The highest BCUT2D eigenvalue weighted by Crippen LogP contribution is 1.88. The van der Waals surface area contributed by atoms with Crippen molar-refractivity contribution in [1.82, 2.24) is 15.1 Å². The lowest BCUT2D eigenvalue weighted by atomic mass is 10.3. The zero-order chi connectivity index (χ0) is 10.2. The molecule has 3 N–H and O–H groups in total. The second kappa shape index (κ2) is 6.53. The van der Waals surface area contributed by atoms with Crippen LogP contribution in [-0.4, -0.2) is 45.8 Å². The first-order valence-corrected chi connectivity index (χ1v) is 4.80. The molecule has 0 aliphatic carbocycles. The highest BCUT2D eigenvalue weighted by atomic mass is 16.3. The third-order valence-electron chi connectivity index (χ3n) is 1.89. The van der Waals surface area contributed by atoms with Crippen molar-refractivity contribution in [2.75, 3.05) is 19.7 Å². The summed E-state index contributed by atoms with van der Waals surface area (Å²) in [4.78, 5) is 0. The van der Waals surface area contributed by atoms with Crippen LogP contribution >= 0.6 is 0 Å². The smallest absolute Gasteiger partial charge is 0.0894 e. The molecule has 0 spiro atoms. The van der Waals surface area contributed by atoms with Crippen molar-refractivity contribution >= 4 is 0 Å². The Morgan fingerprint density at radius 1 is 1.50 bits per heavy atom. The van der Waals surface area contributed by atoms with Crippen molar-refractivity contribution in [3.63, 3.8) is 0 Å². The molecule has 1 aromatic heterocycles. The number of nitrogens with one attached hydrogen (secondary N) is 1. The molecule has 5 heteroatoms. The number of aryl methyl sites for hydroxylation is 1. The van der Waals surface area contributed by atoms with Crippen LogP contribution in [0, 0.1) is 0 Å². The molecule has 0 aliphatic rings. The van der Waals surface area contributed by atoms with E-state index < -0.39 is 6.10 Å². The molecule has 0 saturated heterocycles. The van der Waals surface area contributed by atoms with Crippen LogP contribution in [0.1, 0.15) is 6.42 Å². The highest BCUT2D eigenvalue weighted by Gasteiger charge is 1.99. The molecule has 80 valence electrons. The summed E-state index contributed by atoms with van der Waals surface area (Å²) in [6.07, 6.45) is 3.98. The fourth-order valence-electron chi connectivity index (χ4n) is 1.13. The molecular formula is C9H17N3O2. The SMILES string of the molecule is OC[C@@H](O)CNCCCn1cccn1. The normalized spacial score (nSPS) is 13.0. The first-order chi connectivity index (χ1) is 6.83. The summed E-state index contributed by atoms with van der Waals surface area (Å²) in [5.41, 5.74) is 0. The van der Waals surface area contributed by atoms with Gasteiger partial charge < -0.3 is 15.5 Å². The maximum Gasteiger partial charge on any atom is 0.0894 e. The summed E-state index contributed by atoms with van der Waals surface area (Å²) >= 11 is 0. The minimum absolute atomic E-state index is 0.188. The average molecular weight is 199 g/mol. The van der Waals surface area contributed by atoms with Gasteiger partial charge in [-0.2, -0.15) is 5.10 Å². The summed E-state index contributed by atoms with van der Waals surface area (Å²) in [6.45, 7) is 1.94. The average Bonchev–Trinajstić information content (AvgIpc) is 2.69. The Morgan fingerprint density at radius 3 is 3.00 bits per heavy atom. The monoisotopic (exact) mass is 199 g/mol. The molecule has 1 aromatic rings. The molecule has 1 heterocycles. The summed E-state index contributed by atoms with van der Waals surface area (Å²) in [5.74, 6) is 0. The summed E-state index contributed by atoms with van der Waals surface area (Å²) < 4.78 is 1.87. The Bertz CT molecular complexity index is 226. The fraction of sp³-hybridized carbons (Fsp3) is 0.667. The van der Waals surface area contributed by atoms with Crippen LogP contribution in [0.5, 0.6) is 0 Å². The van der Waals surface area contributed by atoms with Crippen LogP contribution < -0.4 is 5.32 Å². The molecule has 14 heavy (non-hydrogen) atoms. The van der Waals surface area contributed by atoms with E-state index in [-0.39, 0.29) is 6.61 Å². The van der Waals surface area contributed by atoms with Crippen molar-refractivity contribution in [3.8, 4) is 0 Å². The van der Waals surface area contributed by atoms with E-state index in [1.807, 2.05) is 16.9 Å². The third kappa shape index (κ3) is 4.36. The molecule has 0 amide bonds. The topological polar surface area (TPSA) is 70.3 Å². The molecule has 0 aliphatic heterocycles. The second-order valence-corrected chi connectivity index (χ2v) is 3.16. The van der Waals surface area contributed by atoms with E-state index in [1.165, 1.54) is 0 Å². The molecule has 1 atom stereocenters. The quantitative estimate of drug-likeness (QED) is 0.504. The Morgan fingerprint density at radius 2 is 2.36 bits per heavy atom. The van der Waals surface area contributed by atoms with Gasteiger partial charge in [-0.3, -0.25) is 4.68 Å². The number of aromatic nitrogens is 2. The van der Waals surface area contributed by atoms with Gasteiger partial charge in [-0.25, -0.2) is 0 Å².